The number of piperazine rings is 1. The summed E-state index contributed by atoms with van der Waals surface area (Å²) in [5.41, 5.74) is 0.705. The first-order valence-electron chi connectivity index (χ1n) is 12.8. The van der Waals surface area contributed by atoms with Crippen molar-refractivity contribution in [1.29, 1.82) is 0 Å². The number of H-pyrrole nitrogens is 1. The lowest BCUT2D eigenvalue weighted by Crippen LogP contribution is -2.50. The highest BCUT2D eigenvalue weighted by Crippen LogP contribution is 2.27. The number of para-hydroxylation sites is 1. The molecule has 2 N–H and O–H groups in total. The number of nitrogens with zero attached hydrogens (tertiary/aromatic N) is 3. The minimum absolute atomic E-state index is 0.120. The Morgan fingerprint density at radius 2 is 1.92 bits per heavy atom. The van der Waals surface area contributed by atoms with Gasteiger partial charge in [-0.3, -0.25) is 14.5 Å². The van der Waals surface area contributed by atoms with Crippen molar-refractivity contribution >= 4 is 33.5 Å². The summed E-state index contributed by atoms with van der Waals surface area (Å²) in [6.45, 7) is 7.95. The molecule has 4 heterocycles. The molecule has 0 aliphatic carbocycles. The Kier molecular flexibility index (Phi) is 5.71. The first-order valence-corrected chi connectivity index (χ1v) is 12.8. The maximum Gasteiger partial charge on any atom is 0.255 e. The topological polar surface area (TPSA) is 81.3 Å². The number of anilines is 1. The van der Waals surface area contributed by atoms with E-state index >= 15 is 4.39 Å². The predicted octanol–water partition coefficient (Wildman–Crippen LogP) is 4.16. The van der Waals surface area contributed by atoms with Crippen LogP contribution in [0, 0.1) is 5.82 Å². The molecule has 2 fully saturated rings. The second-order valence-electron chi connectivity index (χ2n) is 10.6. The molecule has 0 saturated carbocycles. The fourth-order valence-electron chi connectivity index (χ4n) is 5.68. The Morgan fingerprint density at radius 1 is 1.08 bits per heavy atom. The van der Waals surface area contributed by atoms with Crippen molar-refractivity contribution < 1.29 is 9.18 Å². The van der Waals surface area contributed by atoms with Crippen molar-refractivity contribution in [3.05, 3.63) is 81.9 Å². The van der Waals surface area contributed by atoms with Gasteiger partial charge in [0.05, 0.1) is 16.6 Å². The van der Waals surface area contributed by atoms with Crippen LogP contribution in [0.2, 0.25) is 0 Å². The number of fused-ring (bicyclic) bond motifs is 3. The number of hydrogen-bond donors (Lipinski definition) is 2. The number of aromatic nitrogens is 2. The van der Waals surface area contributed by atoms with E-state index in [0.717, 1.165) is 37.1 Å². The van der Waals surface area contributed by atoms with Crippen LogP contribution in [0.25, 0.3) is 21.8 Å². The third-order valence-corrected chi connectivity index (χ3v) is 7.84. The SMILES string of the molecule is CC(C)(NC(=O)c1cc2[nH]c3ccccc3c(=O)c2cc1F)c1ccc(N2CCN3CCC[C@H]3C2)nc1. The van der Waals surface area contributed by atoms with Gasteiger partial charge in [0.25, 0.3) is 5.91 Å². The van der Waals surface area contributed by atoms with Gasteiger partial charge in [-0.1, -0.05) is 18.2 Å². The third kappa shape index (κ3) is 4.25. The highest BCUT2D eigenvalue weighted by Gasteiger charge is 2.31. The Morgan fingerprint density at radius 3 is 2.73 bits per heavy atom. The number of carbonyl (C=O) groups excluding carboxylic acids is 1. The zero-order valence-electron chi connectivity index (χ0n) is 21.1. The molecule has 0 spiro atoms. The molecule has 2 saturated heterocycles. The fraction of sp³-hybridized carbons (Fsp3) is 0.345. The quantitative estimate of drug-likeness (QED) is 0.412. The van der Waals surface area contributed by atoms with E-state index in [1.807, 2.05) is 32.0 Å². The summed E-state index contributed by atoms with van der Waals surface area (Å²) in [5.74, 6) is -0.352. The number of nitrogens with one attached hydrogen (secondary N) is 2. The first kappa shape index (κ1) is 23.6. The van der Waals surface area contributed by atoms with E-state index in [4.69, 9.17) is 4.98 Å². The first-order chi connectivity index (χ1) is 17.8. The van der Waals surface area contributed by atoms with E-state index < -0.39 is 17.3 Å². The Balaban J connectivity index is 1.23. The summed E-state index contributed by atoms with van der Waals surface area (Å²) in [6.07, 6.45) is 4.29. The van der Waals surface area contributed by atoms with Gasteiger partial charge >= 0.3 is 0 Å². The van der Waals surface area contributed by atoms with E-state index in [1.165, 1.54) is 25.5 Å². The largest absolute Gasteiger partial charge is 0.354 e. The maximum atomic E-state index is 15.0. The van der Waals surface area contributed by atoms with Crippen molar-refractivity contribution in [2.24, 2.45) is 0 Å². The van der Waals surface area contributed by atoms with E-state index in [-0.39, 0.29) is 16.4 Å². The third-order valence-electron chi connectivity index (χ3n) is 7.84. The summed E-state index contributed by atoms with van der Waals surface area (Å²) in [7, 11) is 0. The van der Waals surface area contributed by atoms with E-state index in [1.54, 1.807) is 24.4 Å². The number of amides is 1. The molecular weight excluding hydrogens is 469 g/mol. The number of aromatic amines is 1. The Labute approximate surface area is 214 Å². The van der Waals surface area contributed by atoms with Crippen molar-refractivity contribution in [3.8, 4) is 0 Å². The lowest BCUT2D eigenvalue weighted by Gasteiger charge is -2.38. The van der Waals surface area contributed by atoms with Crippen LogP contribution in [-0.2, 0) is 5.54 Å². The van der Waals surface area contributed by atoms with Gasteiger partial charge in [-0.15, -0.1) is 0 Å². The monoisotopic (exact) mass is 499 g/mol. The Hall–Kier alpha value is -3.78. The number of benzene rings is 2. The van der Waals surface area contributed by atoms with E-state index in [2.05, 4.69) is 20.1 Å². The summed E-state index contributed by atoms with van der Waals surface area (Å²) in [6, 6.07) is 14.2. The molecule has 1 atom stereocenters. The number of hydrogen-bond acceptors (Lipinski definition) is 5. The lowest BCUT2D eigenvalue weighted by atomic mass is 9.95. The zero-order chi connectivity index (χ0) is 25.7. The summed E-state index contributed by atoms with van der Waals surface area (Å²) < 4.78 is 15.0. The molecule has 37 heavy (non-hydrogen) atoms. The smallest absolute Gasteiger partial charge is 0.255 e. The van der Waals surface area contributed by atoms with Crippen LogP contribution in [0.4, 0.5) is 10.2 Å². The molecule has 2 aliphatic rings. The number of halogens is 1. The van der Waals surface area contributed by atoms with Crippen molar-refractivity contribution in [2.75, 3.05) is 31.1 Å². The van der Waals surface area contributed by atoms with Gasteiger partial charge in [0.2, 0.25) is 0 Å². The summed E-state index contributed by atoms with van der Waals surface area (Å²) >= 11 is 0. The van der Waals surface area contributed by atoms with E-state index in [0.29, 0.717) is 22.5 Å². The number of rotatable bonds is 4. The minimum atomic E-state index is -0.787. The van der Waals surface area contributed by atoms with Crippen molar-refractivity contribution in [3.63, 3.8) is 0 Å². The second-order valence-corrected chi connectivity index (χ2v) is 10.6. The zero-order valence-corrected chi connectivity index (χ0v) is 21.1. The van der Waals surface area contributed by atoms with Crippen LogP contribution in [0.1, 0.15) is 42.6 Å². The van der Waals surface area contributed by atoms with Crippen LogP contribution in [0.5, 0.6) is 0 Å². The van der Waals surface area contributed by atoms with Crippen LogP contribution in [-0.4, -0.2) is 53.0 Å². The van der Waals surface area contributed by atoms with E-state index in [9.17, 15) is 9.59 Å². The molecule has 8 heteroatoms. The van der Waals surface area contributed by atoms with Crippen molar-refractivity contribution in [2.45, 2.75) is 38.3 Å². The predicted molar refractivity (Wildman–Crippen MR) is 144 cm³/mol. The minimum Gasteiger partial charge on any atom is -0.354 e. The van der Waals surface area contributed by atoms with Gasteiger partial charge in [-0.25, -0.2) is 9.37 Å². The van der Waals surface area contributed by atoms with Gasteiger partial charge in [0.15, 0.2) is 5.43 Å². The maximum absolute atomic E-state index is 15.0. The van der Waals surface area contributed by atoms with Crippen LogP contribution >= 0.6 is 0 Å². The molecule has 2 aromatic heterocycles. The number of pyridine rings is 2. The van der Waals surface area contributed by atoms with Gasteiger partial charge in [0, 0.05) is 48.2 Å². The van der Waals surface area contributed by atoms with Gasteiger partial charge in [-0.2, -0.15) is 0 Å². The van der Waals surface area contributed by atoms with Gasteiger partial charge < -0.3 is 15.2 Å². The normalized spacial score (nSPS) is 18.4. The standard InChI is InChI=1S/C29H30FN5O2/c1-29(2,18-9-10-26(31-16-18)35-13-12-34-11-5-6-19(34)17-35)33-28(37)21-15-25-22(14-23(21)30)27(36)20-7-3-4-8-24(20)32-25/h3-4,7-10,14-16,19H,5-6,11-13,17H2,1-2H3,(H,32,36)(H,33,37)/t19-/m0/s1. The molecule has 2 aromatic carbocycles. The molecule has 0 bridgehead atoms. The Bertz CT molecular complexity index is 1560. The van der Waals surface area contributed by atoms with Gasteiger partial charge in [0.1, 0.15) is 11.6 Å². The van der Waals surface area contributed by atoms with Crippen LogP contribution < -0.4 is 15.6 Å². The average Bonchev–Trinajstić information content (AvgIpc) is 3.37. The molecule has 7 nitrogen and oxygen atoms in total. The highest BCUT2D eigenvalue weighted by molar-refractivity contribution is 6.00. The van der Waals surface area contributed by atoms with Gasteiger partial charge in [-0.05, 0) is 69.1 Å². The van der Waals surface area contributed by atoms with Crippen LogP contribution in [0.3, 0.4) is 0 Å². The molecule has 190 valence electrons. The highest BCUT2D eigenvalue weighted by atomic mass is 19.1. The summed E-state index contributed by atoms with van der Waals surface area (Å²) in [4.78, 5) is 38.8. The molecule has 4 aromatic rings. The average molecular weight is 500 g/mol. The molecular formula is C29H30FN5O2. The summed E-state index contributed by atoms with van der Waals surface area (Å²) in [5, 5.41) is 3.64. The molecule has 0 unspecified atom stereocenters. The van der Waals surface area contributed by atoms with Crippen molar-refractivity contribution in [1.82, 2.24) is 20.2 Å². The molecule has 0 radical (unpaired) electrons. The molecule has 1 amide bonds. The number of carbonyl (C=O) groups is 1. The lowest BCUT2D eigenvalue weighted by molar-refractivity contribution is 0.0908. The second kappa shape index (κ2) is 8.95. The van der Waals surface area contributed by atoms with Crippen LogP contribution in [0.15, 0.2) is 59.5 Å². The molecule has 2 aliphatic heterocycles. The molecule has 6 rings (SSSR count). The fourth-order valence-corrected chi connectivity index (χ4v) is 5.68.